The summed E-state index contributed by atoms with van der Waals surface area (Å²) in [7, 11) is 0. The zero-order valence-electron chi connectivity index (χ0n) is 11.7. The molecule has 1 aromatic rings. The topological polar surface area (TPSA) is 42.4 Å². The van der Waals surface area contributed by atoms with Crippen molar-refractivity contribution in [2.75, 3.05) is 13.1 Å². The number of nitrogens with two attached hydrogens (primary N) is 1. The first kappa shape index (κ1) is 13.6. The third kappa shape index (κ3) is 3.59. The number of rotatable bonds is 4. The van der Waals surface area contributed by atoms with Crippen LogP contribution in [0.1, 0.15) is 44.6 Å². The summed E-state index contributed by atoms with van der Waals surface area (Å²) in [5, 5.41) is 0. The van der Waals surface area contributed by atoms with Gasteiger partial charge in [0.1, 0.15) is 11.5 Å². The molecule has 1 fully saturated rings. The largest absolute Gasteiger partial charge is 0.463 e. The maximum absolute atomic E-state index is 5.68. The smallest absolute Gasteiger partial charge is 0.118 e. The molecule has 3 nitrogen and oxygen atoms in total. The van der Waals surface area contributed by atoms with Crippen LogP contribution in [0.3, 0.4) is 0 Å². The van der Waals surface area contributed by atoms with Crippen molar-refractivity contribution >= 4 is 0 Å². The molecule has 2 rings (SSSR count). The van der Waals surface area contributed by atoms with Crippen LogP contribution in [0.15, 0.2) is 16.5 Å². The molecule has 1 aliphatic heterocycles. The van der Waals surface area contributed by atoms with E-state index in [0.29, 0.717) is 6.54 Å². The van der Waals surface area contributed by atoms with Gasteiger partial charge in [0.25, 0.3) is 0 Å². The summed E-state index contributed by atoms with van der Waals surface area (Å²) in [4.78, 5) is 2.52. The average molecular weight is 250 g/mol. The molecule has 0 amide bonds. The number of nitrogens with zero attached hydrogens (tertiary/aromatic N) is 1. The van der Waals surface area contributed by atoms with Crippen LogP contribution in [-0.4, -0.2) is 18.0 Å². The summed E-state index contributed by atoms with van der Waals surface area (Å²) >= 11 is 0. The Hall–Kier alpha value is -0.800. The van der Waals surface area contributed by atoms with Gasteiger partial charge in [-0.15, -0.1) is 0 Å². The third-order valence-corrected chi connectivity index (χ3v) is 4.11. The molecule has 0 radical (unpaired) electrons. The van der Waals surface area contributed by atoms with Gasteiger partial charge < -0.3 is 10.2 Å². The van der Waals surface area contributed by atoms with Crippen LogP contribution in [0.5, 0.6) is 0 Å². The highest BCUT2D eigenvalue weighted by molar-refractivity contribution is 5.06. The highest BCUT2D eigenvalue weighted by Gasteiger charge is 2.20. The third-order valence-electron chi connectivity index (χ3n) is 4.11. The zero-order chi connectivity index (χ0) is 13.0. The minimum Gasteiger partial charge on any atom is -0.463 e. The fraction of sp³-hybridized carbons (Fsp3) is 0.733. The molecule has 3 heteroatoms. The molecular formula is C15H26N2O. The summed E-state index contributed by atoms with van der Waals surface area (Å²) < 4.78 is 5.68. The zero-order valence-corrected chi connectivity index (χ0v) is 11.7. The van der Waals surface area contributed by atoms with E-state index in [-0.39, 0.29) is 0 Å². The van der Waals surface area contributed by atoms with Crippen molar-refractivity contribution in [3.8, 4) is 0 Å². The lowest BCUT2D eigenvalue weighted by Gasteiger charge is -2.20. The van der Waals surface area contributed by atoms with Crippen molar-refractivity contribution in [3.05, 3.63) is 23.7 Å². The standard InChI is InChI=1S/C15H26N2O/c1-12(2)13-4-3-8-17(9-7-13)11-15-6-5-14(10-16)18-15/h5-6,12-13H,3-4,7-11,16H2,1-2H3. The minimum atomic E-state index is 0.495. The monoisotopic (exact) mass is 250 g/mol. The highest BCUT2D eigenvalue weighted by atomic mass is 16.3. The van der Waals surface area contributed by atoms with E-state index in [1.807, 2.05) is 6.07 Å². The maximum atomic E-state index is 5.68. The Bertz CT molecular complexity index is 359. The van der Waals surface area contributed by atoms with Crippen molar-refractivity contribution < 1.29 is 4.42 Å². The maximum Gasteiger partial charge on any atom is 0.118 e. The van der Waals surface area contributed by atoms with Crippen LogP contribution in [0.2, 0.25) is 0 Å². The van der Waals surface area contributed by atoms with Gasteiger partial charge in [-0.1, -0.05) is 13.8 Å². The Kier molecular flexibility index (Phi) is 4.84. The summed E-state index contributed by atoms with van der Waals surface area (Å²) in [6, 6.07) is 4.05. The first-order valence-corrected chi connectivity index (χ1v) is 7.19. The van der Waals surface area contributed by atoms with Crippen LogP contribution in [0.25, 0.3) is 0 Å². The summed E-state index contributed by atoms with van der Waals surface area (Å²) in [6.45, 7) is 8.52. The quantitative estimate of drug-likeness (QED) is 0.893. The normalized spacial score (nSPS) is 22.3. The Labute approximate surface area is 110 Å². The molecule has 1 aromatic heterocycles. The van der Waals surface area contributed by atoms with Crippen LogP contribution in [-0.2, 0) is 13.1 Å². The van der Waals surface area contributed by atoms with Gasteiger partial charge in [-0.25, -0.2) is 0 Å². The van der Waals surface area contributed by atoms with E-state index in [9.17, 15) is 0 Å². The lowest BCUT2D eigenvalue weighted by Crippen LogP contribution is -2.24. The lowest BCUT2D eigenvalue weighted by atomic mass is 9.89. The molecule has 2 N–H and O–H groups in total. The van der Waals surface area contributed by atoms with Gasteiger partial charge in [0.15, 0.2) is 0 Å². The first-order valence-electron chi connectivity index (χ1n) is 7.19. The predicted octanol–water partition coefficient (Wildman–Crippen LogP) is 3.00. The van der Waals surface area contributed by atoms with Gasteiger partial charge in [0, 0.05) is 0 Å². The molecule has 0 bridgehead atoms. The molecule has 0 saturated carbocycles. The Balaban J connectivity index is 1.86. The fourth-order valence-electron chi connectivity index (χ4n) is 2.84. The molecule has 102 valence electrons. The van der Waals surface area contributed by atoms with Crippen LogP contribution in [0, 0.1) is 11.8 Å². The van der Waals surface area contributed by atoms with Gasteiger partial charge in [-0.05, 0) is 56.3 Å². The van der Waals surface area contributed by atoms with Gasteiger partial charge in [-0.3, -0.25) is 4.90 Å². The SMILES string of the molecule is CC(C)C1CCCN(Cc2ccc(CN)o2)CC1. The average Bonchev–Trinajstić information content (AvgIpc) is 2.66. The summed E-state index contributed by atoms with van der Waals surface area (Å²) in [5.41, 5.74) is 5.57. The molecule has 2 heterocycles. The Morgan fingerprint density at radius 2 is 2.06 bits per heavy atom. The molecule has 1 atom stereocenters. The van der Waals surface area contributed by atoms with E-state index in [1.54, 1.807) is 0 Å². The minimum absolute atomic E-state index is 0.495. The van der Waals surface area contributed by atoms with Crippen molar-refractivity contribution in [2.45, 2.75) is 46.2 Å². The molecule has 0 spiro atoms. The van der Waals surface area contributed by atoms with Crippen LogP contribution >= 0.6 is 0 Å². The fourth-order valence-corrected chi connectivity index (χ4v) is 2.84. The van der Waals surface area contributed by atoms with Gasteiger partial charge in [0.05, 0.1) is 13.1 Å². The van der Waals surface area contributed by atoms with E-state index in [1.165, 1.54) is 32.4 Å². The van der Waals surface area contributed by atoms with Crippen LogP contribution < -0.4 is 5.73 Å². The van der Waals surface area contributed by atoms with Gasteiger partial charge >= 0.3 is 0 Å². The number of hydrogen-bond donors (Lipinski definition) is 1. The molecular weight excluding hydrogens is 224 g/mol. The second kappa shape index (κ2) is 6.39. The molecule has 1 unspecified atom stereocenters. The van der Waals surface area contributed by atoms with Crippen molar-refractivity contribution in [1.82, 2.24) is 4.90 Å². The number of hydrogen-bond acceptors (Lipinski definition) is 3. The molecule has 18 heavy (non-hydrogen) atoms. The summed E-state index contributed by atoms with van der Waals surface area (Å²) in [6.07, 6.45) is 4.01. The van der Waals surface area contributed by atoms with Gasteiger partial charge in [-0.2, -0.15) is 0 Å². The number of furan rings is 1. The molecule has 1 saturated heterocycles. The number of likely N-dealkylation sites (tertiary alicyclic amines) is 1. The highest BCUT2D eigenvalue weighted by Crippen LogP contribution is 2.25. The Morgan fingerprint density at radius 3 is 2.72 bits per heavy atom. The van der Waals surface area contributed by atoms with E-state index < -0.39 is 0 Å². The van der Waals surface area contributed by atoms with Crippen LogP contribution in [0.4, 0.5) is 0 Å². The van der Waals surface area contributed by atoms with E-state index in [4.69, 9.17) is 10.2 Å². The van der Waals surface area contributed by atoms with E-state index in [2.05, 4.69) is 24.8 Å². The van der Waals surface area contributed by atoms with Crippen molar-refractivity contribution in [1.29, 1.82) is 0 Å². The molecule has 1 aliphatic rings. The second-order valence-electron chi connectivity index (χ2n) is 5.78. The summed E-state index contributed by atoms with van der Waals surface area (Å²) in [5.74, 6) is 3.65. The van der Waals surface area contributed by atoms with Crippen molar-refractivity contribution in [2.24, 2.45) is 17.6 Å². The van der Waals surface area contributed by atoms with Crippen molar-refractivity contribution in [3.63, 3.8) is 0 Å². The molecule has 0 aliphatic carbocycles. The first-order chi connectivity index (χ1) is 8.69. The van der Waals surface area contributed by atoms with Gasteiger partial charge in [0.2, 0.25) is 0 Å². The second-order valence-corrected chi connectivity index (χ2v) is 5.78. The Morgan fingerprint density at radius 1 is 1.28 bits per heavy atom. The predicted molar refractivity (Wildman–Crippen MR) is 74.1 cm³/mol. The van der Waals surface area contributed by atoms with E-state index >= 15 is 0 Å². The lowest BCUT2D eigenvalue weighted by molar-refractivity contribution is 0.242. The molecule has 0 aromatic carbocycles. The van der Waals surface area contributed by atoms with E-state index in [0.717, 1.165) is 29.9 Å².